The molecule has 0 heteroatoms. The highest BCUT2D eigenvalue weighted by molar-refractivity contribution is 5.86. The first-order valence-corrected chi connectivity index (χ1v) is 7.97. The van der Waals surface area contributed by atoms with Gasteiger partial charge in [0.25, 0.3) is 0 Å². The van der Waals surface area contributed by atoms with Crippen molar-refractivity contribution in [3.63, 3.8) is 0 Å². The monoisotopic (exact) mass is 266 g/mol. The molecule has 2 aromatic carbocycles. The van der Waals surface area contributed by atoms with Gasteiger partial charge in [-0.3, -0.25) is 0 Å². The molecular weight excluding hydrogens is 240 g/mol. The number of benzene rings is 2. The Morgan fingerprint density at radius 3 is 2.55 bits per heavy atom. The van der Waals surface area contributed by atoms with Gasteiger partial charge in [0.05, 0.1) is 0 Å². The molecule has 0 saturated carbocycles. The second kappa shape index (κ2) is 7.89. The molecular formula is C20H26. The molecule has 0 amide bonds. The van der Waals surface area contributed by atoms with Crippen molar-refractivity contribution in [3.05, 3.63) is 60.2 Å². The Kier molecular flexibility index (Phi) is 5.86. The third kappa shape index (κ3) is 3.72. The number of fused-ring (bicyclic) bond motifs is 1. The van der Waals surface area contributed by atoms with E-state index in [1.807, 2.05) is 0 Å². The zero-order valence-corrected chi connectivity index (χ0v) is 12.8. The van der Waals surface area contributed by atoms with E-state index in [1.165, 1.54) is 48.4 Å². The highest BCUT2D eigenvalue weighted by Crippen LogP contribution is 2.30. The van der Waals surface area contributed by atoms with Crippen LogP contribution >= 0.6 is 0 Å². The molecule has 0 saturated heterocycles. The van der Waals surface area contributed by atoms with Crippen molar-refractivity contribution in [2.75, 3.05) is 0 Å². The number of allylic oxidation sites excluding steroid dienone is 2. The lowest BCUT2D eigenvalue weighted by Gasteiger charge is -2.16. The lowest BCUT2D eigenvalue weighted by atomic mass is 9.89. The van der Waals surface area contributed by atoms with Gasteiger partial charge in [-0.1, -0.05) is 87.2 Å². The van der Waals surface area contributed by atoms with Gasteiger partial charge in [0.2, 0.25) is 0 Å². The summed E-state index contributed by atoms with van der Waals surface area (Å²) in [5, 5.41) is 2.77. The molecule has 0 aliphatic carbocycles. The van der Waals surface area contributed by atoms with Gasteiger partial charge in [-0.25, -0.2) is 0 Å². The molecule has 0 bridgehead atoms. The van der Waals surface area contributed by atoms with Crippen LogP contribution in [0.25, 0.3) is 10.8 Å². The zero-order chi connectivity index (χ0) is 14.2. The molecule has 0 heterocycles. The maximum absolute atomic E-state index is 2.37. The van der Waals surface area contributed by atoms with Crippen molar-refractivity contribution >= 4 is 10.8 Å². The lowest BCUT2D eigenvalue weighted by Crippen LogP contribution is -1.97. The summed E-state index contributed by atoms with van der Waals surface area (Å²) in [5.74, 6) is 0.558. The number of hydrogen-bond donors (Lipinski definition) is 0. The summed E-state index contributed by atoms with van der Waals surface area (Å²) in [6.45, 7) is 4.40. The van der Waals surface area contributed by atoms with Gasteiger partial charge in [-0.2, -0.15) is 0 Å². The maximum Gasteiger partial charge on any atom is 0.00240 e. The average Bonchev–Trinajstić information content (AvgIpc) is 2.50. The summed E-state index contributed by atoms with van der Waals surface area (Å²) < 4.78 is 0. The molecule has 0 aromatic heterocycles. The molecule has 0 fully saturated rings. The van der Waals surface area contributed by atoms with Crippen molar-refractivity contribution in [1.82, 2.24) is 0 Å². The Morgan fingerprint density at radius 2 is 1.75 bits per heavy atom. The zero-order valence-electron chi connectivity index (χ0n) is 12.8. The Bertz CT molecular complexity index is 545. The van der Waals surface area contributed by atoms with Crippen molar-refractivity contribution in [2.24, 2.45) is 0 Å². The molecule has 0 aliphatic heterocycles. The van der Waals surface area contributed by atoms with Crippen LogP contribution in [0, 0.1) is 0 Å². The van der Waals surface area contributed by atoms with Gasteiger partial charge in [-0.05, 0) is 29.7 Å². The second-order valence-electron chi connectivity index (χ2n) is 5.55. The number of rotatable bonds is 7. The predicted molar refractivity (Wildman–Crippen MR) is 90.3 cm³/mol. The van der Waals surface area contributed by atoms with Gasteiger partial charge in [0, 0.05) is 5.92 Å². The number of unbranched alkanes of at least 4 members (excludes halogenated alkanes) is 3. The third-order valence-corrected chi connectivity index (χ3v) is 4.02. The Hall–Kier alpha value is -1.56. The van der Waals surface area contributed by atoms with E-state index in [0.717, 1.165) is 0 Å². The normalized spacial score (nSPS) is 13.1. The van der Waals surface area contributed by atoms with E-state index in [4.69, 9.17) is 0 Å². The highest BCUT2D eigenvalue weighted by atomic mass is 14.1. The molecule has 0 N–H and O–H groups in total. The minimum atomic E-state index is 0.558. The molecule has 2 rings (SSSR count). The van der Waals surface area contributed by atoms with Crippen LogP contribution in [0.3, 0.4) is 0 Å². The van der Waals surface area contributed by atoms with E-state index >= 15 is 0 Å². The predicted octanol–water partition coefficient (Wildman–Crippen LogP) is 6.47. The maximum atomic E-state index is 2.37. The van der Waals surface area contributed by atoms with Crippen LogP contribution < -0.4 is 0 Å². The average molecular weight is 266 g/mol. The Labute approximate surface area is 123 Å². The summed E-state index contributed by atoms with van der Waals surface area (Å²) in [4.78, 5) is 0. The summed E-state index contributed by atoms with van der Waals surface area (Å²) >= 11 is 0. The fourth-order valence-corrected chi connectivity index (χ4v) is 2.95. The lowest BCUT2D eigenvalue weighted by molar-refractivity contribution is 0.605. The third-order valence-electron chi connectivity index (χ3n) is 4.02. The van der Waals surface area contributed by atoms with Crippen LogP contribution in [-0.4, -0.2) is 0 Å². The summed E-state index contributed by atoms with van der Waals surface area (Å²) in [6, 6.07) is 15.4. The molecule has 0 aliphatic rings. The Morgan fingerprint density at radius 1 is 0.950 bits per heavy atom. The Balaban J connectivity index is 2.22. The van der Waals surface area contributed by atoms with Crippen LogP contribution in [0.15, 0.2) is 54.6 Å². The van der Waals surface area contributed by atoms with Gasteiger partial charge < -0.3 is 0 Å². The first kappa shape index (κ1) is 14.8. The van der Waals surface area contributed by atoms with E-state index in [0.29, 0.717) is 5.92 Å². The van der Waals surface area contributed by atoms with Crippen molar-refractivity contribution < 1.29 is 0 Å². The van der Waals surface area contributed by atoms with E-state index in [9.17, 15) is 0 Å². The molecule has 20 heavy (non-hydrogen) atoms. The fraction of sp³-hybridized carbons (Fsp3) is 0.400. The van der Waals surface area contributed by atoms with Crippen LogP contribution in [0.2, 0.25) is 0 Å². The standard InChI is InChI=1S/C20H26/c1-3-5-6-7-12-17(11-4-2)20-16-10-14-18-13-8-9-15-19(18)20/h4,8-11,13-17H,3,5-7,12H2,1-2H3/b11-4+. The quantitative estimate of drug-likeness (QED) is 0.398. The molecule has 2 aromatic rings. The molecule has 1 unspecified atom stereocenters. The van der Waals surface area contributed by atoms with E-state index < -0.39 is 0 Å². The SMILES string of the molecule is C/C=C/C(CCCCCC)c1cccc2ccccc12. The van der Waals surface area contributed by atoms with Crippen LogP contribution in [-0.2, 0) is 0 Å². The molecule has 0 spiro atoms. The minimum absolute atomic E-state index is 0.558. The van der Waals surface area contributed by atoms with E-state index in [-0.39, 0.29) is 0 Å². The molecule has 0 nitrogen and oxygen atoms in total. The van der Waals surface area contributed by atoms with E-state index in [1.54, 1.807) is 0 Å². The van der Waals surface area contributed by atoms with Crippen LogP contribution in [0.4, 0.5) is 0 Å². The van der Waals surface area contributed by atoms with Gasteiger partial charge in [0.15, 0.2) is 0 Å². The first-order chi connectivity index (χ1) is 9.86. The van der Waals surface area contributed by atoms with Crippen molar-refractivity contribution in [3.8, 4) is 0 Å². The van der Waals surface area contributed by atoms with E-state index in [2.05, 4.69) is 68.5 Å². The second-order valence-corrected chi connectivity index (χ2v) is 5.55. The first-order valence-electron chi connectivity index (χ1n) is 7.97. The van der Waals surface area contributed by atoms with Crippen LogP contribution in [0.1, 0.15) is 57.4 Å². The largest absolute Gasteiger partial charge is 0.0910 e. The van der Waals surface area contributed by atoms with Crippen molar-refractivity contribution in [2.45, 2.75) is 51.9 Å². The summed E-state index contributed by atoms with van der Waals surface area (Å²) in [5.41, 5.74) is 1.48. The summed E-state index contributed by atoms with van der Waals surface area (Å²) in [6.07, 6.45) is 11.2. The highest BCUT2D eigenvalue weighted by Gasteiger charge is 2.10. The smallest absolute Gasteiger partial charge is 0.00240 e. The van der Waals surface area contributed by atoms with Crippen molar-refractivity contribution in [1.29, 1.82) is 0 Å². The topological polar surface area (TPSA) is 0 Å². The van der Waals surface area contributed by atoms with Gasteiger partial charge >= 0.3 is 0 Å². The molecule has 0 radical (unpaired) electrons. The van der Waals surface area contributed by atoms with Gasteiger partial charge in [0.1, 0.15) is 0 Å². The summed E-state index contributed by atoms with van der Waals surface area (Å²) in [7, 11) is 0. The minimum Gasteiger partial charge on any atom is -0.0910 e. The molecule has 106 valence electrons. The molecule has 1 atom stereocenters. The number of hydrogen-bond acceptors (Lipinski definition) is 0. The van der Waals surface area contributed by atoms with Crippen LogP contribution in [0.5, 0.6) is 0 Å². The van der Waals surface area contributed by atoms with Gasteiger partial charge in [-0.15, -0.1) is 0 Å². The fourth-order valence-electron chi connectivity index (χ4n) is 2.95.